The van der Waals surface area contributed by atoms with Crippen LogP contribution >= 0.6 is 12.4 Å². The third-order valence-electron chi connectivity index (χ3n) is 4.36. The average Bonchev–Trinajstić information content (AvgIpc) is 2.36. The van der Waals surface area contributed by atoms with E-state index in [0.29, 0.717) is 25.9 Å². The summed E-state index contributed by atoms with van der Waals surface area (Å²) in [6.07, 6.45) is -2.93. The van der Waals surface area contributed by atoms with Crippen LogP contribution in [0.2, 0.25) is 0 Å². The molecule has 1 N–H and O–H groups in total. The van der Waals surface area contributed by atoms with Crippen molar-refractivity contribution in [3.05, 3.63) is 0 Å². The normalized spacial score (nSPS) is 34.2. The fourth-order valence-electron chi connectivity index (χ4n) is 3.48. The molecule has 0 aromatic heterocycles. The minimum absolute atomic E-state index is 0. The Labute approximate surface area is 130 Å². The highest BCUT2D eigenvalue weighted by molar-refractivity contribution is 5.85. The van der Waals surface area contributed by atoms with Gasteiger partial charge in [-0.3, -0.25) is 4.79 Å². The van der Waals surface area contributed by atoms with Crippen molar-refractivity contribution in [1.29, 1.82) is 0 Å². The van der Waals surface area contributed by atoms with Crippen LogP contribution in [0.4, 0.5) is 13.2 Å². The van der Waals surface area contributed by atoms with Gasteiger partial charge in [0.25, 0.3) is 0 Å². The summed E-state index contributed by atoms with van der Waals surface area (Å²) in [5, 5.41) is 3.33. The Morgan fingerprint density at radius 3 is 2.24 bits per heavy atom. The molecule has 21 heavy (non-hydrogen) atoms. The third-order valence-corrected chi connectivity index (χ3v) is 4.36. The molecule has 7 heteroatoms. The lowest BCUT2D eigenvalue weighted by Crippen LogP contribution is -2.57. The molecule has 0 radical (unpaired) electrons. The van der Waals surface area contributed by atoms with Crippen LogP contribution in [-0.2, 0) is 4.79 Å². The molecule has 1 saturated carbocycles. The number of amides is 1. The summed E-state index contributed by atoms with van der Waals surface area (Å²) in [5.41, 5.74) is 0. The van der Waals surface area contributed by atoms with E-state index in [2.05, 4.69) is 5.32 Å². The average molecular weight is 329 g/mol. The highest BCUT2D eigenvalue weighted by Crippen LogP contribution is 2.40. The molecule has 0 bridgehead atoms. The minimum atomic E-state index is -4.16. The van der Waals surface area contributed by atoms with E-state index in [1.165, 1.54) is 0 Å². The Kier molecular flexibility index (Phi) is 6.35. The van der Waals surface area contributed by atoms with Crippen LogP contribution in [0.3, 0.4) is 0 Å². The summed E-state index contributed by atoms with van der Waals surface area (Å²) in [5.74, 6) is -1.84. The monoisotopic (exact) mass is 328 g/mol. The predicted octanol–water partition coefficient (Wildman–Crippen LogP) is 2.99. The number of halogens is 4. The molecule has 2 aliphatic rings. The summed E-state index contributed by atoms with van der Waals surface area (Å²) >= 11 is 0. The molecule has 4 atom stereocenters. The van der Waals surface area contributed by atoms with Crippen molar-refractivity contribution >= 4 is 18.3 Å². The van der Waals surface area contributed by atoms with Gasteiger partial charge in [0, 0.05) is 31.1 Å². The van der Waals surface area contributed by atoms with Gasteiger partial charge in [-0.2, -0.15) is 13.2 Å². The molecule has 1 aliphatic heterocycles. The highest BCUT2D eigenvalue weighted by atomic mass is 35.5. The Morgan fingerprint density at radius 1 is 1.14 bits per heavy atom. The van der Waals surface area contributed by atoms with Crippen molar-refractivity contribution in [2.24, 2.45) is 11.8 Å². The number of hydrogen-bond donors (Lipinski definition) is 1. The summed E-state index contributed by atoms with van der Waals surface area (Å²) in [7, 11) is 0. The molecular weight excluding hydrogens is 305 g/mol. The standard InChI is InChI=1S/C14H23F3N2O.ClH/c1-9-7-19(8-10(2)18-9)13(20)11-4-3-5-12(6-11)14(15,16)17;/h9-12,18H,3-8H2,1-2H3;1H. The molecule has 0 aromatic rings. The Morgan fingerprint density at radius 2 is 1.71 bits per heavy atom. The van der Waals surface area contributed by atoms with Crippen LogP contribution in [0.5, 0.6) is 0 Å². The van der Waals surface area contributed by atoms with Gasteiger partial charge in [-0.25, -0.2) is 0 Å². The molecule has 0 spiro atoms. The number of rotatable bonds is 1. The largest absolute Gasteiger partial charge is 0.391 e. The van der Waals surface area contributed by atoms with Crippen LogP contribution < -0.4 is 5.32 Å². The number of nitrogens with one attached hydrogen (secondary N) is 1. The summed E-state index contributed by atoms with van der Waals surface area (Å²) in [6, 6.07) is 0.398. The number of hydrogen-bond acceptors (Lipinski definition) is 2. The molecule has 3 nitrogen and oxygen atoms in total. The number of piperazine rings is 1. The molecule has 1 saturated heterocycles. The number of carbonyl (C=O) groups excluding carboxylic acids is 1. The van der Waals surface area contributed by atoms with E-state index in [1.807, 2.05) is 13.8 Å². The van der Waals surface area contributed by atoms with Gasteiger partial charge >= 0.3 is 6.18 Å². The maximum atomic E-state index is 12.8. The van der Waals surface area contributed by atoms with E-state index in [0.717, 1.165) is 0 Å². The minimum Gasteiger partial charge on any atom is -0.339 e. The molecule has 0 aromatic carbocycles. The molecule has 2 rings (SSSR count). The van der Waals surface area contributed by atoms with Crippen LogP contribution in [0.15, 0.2) is 0 Å². The third kappa shape index (κ3) is 4.74. The Hall–Kier alpha value is -0.490. The molecular formula is C14H24ClF3N2O. The zero-order valence-electron chi connectivity index (χ0n) is 12.4. The second-order valence-corrected chi connectivity index (χ2v) is 6.31. The van der Waals surface area contributed by atoms with Crippen molar-refractivity contribution in [3.63, 3.8) is 0 Å². The van der Waals surface area contributed by atoms with E-state index in [-0.39, 0.29) is 43.2 Å². The van der Waals surface area contributed by atoms with Gasteiger partial charge in [0.15, 0.2) is 0 Å². The first-order chi connectivity index (χ1) is 9.27. The van der Waals surface area contributed by atoms with Crippen molar-refractivity contribution < 1.29 is 18.0 Å². The quantitative estimate of drug-likeness (QED) is 0.802. The van der Waals surface area contributed by atoms with Gasteiger partial charge in [0.05, 0.1) is 5.92 Å². The van der Waals surface area contributed by atoms with Crippen molar-refractivity contribution in [2.75, 3.05) is 13.1 Å². The van der Waals surface area contributed by atoms with Crippen LogP contribution in [0.1, 0.15) is 39.5 Å². The smallest absolute Gasteiger partial charge is 0.339 e. The van der Waals surface area contributed by atoms with Crippen LogP contribution in [0.25, 0.3) is 0 Å². The van der Waals surface area contributed by atoms with Gasteiger partial charge < -0.3 is 10.2 Å². The van der Waals surface area contributed by atoms with Gasteiger partial charge in [-0.15, -0.1) is 12.4 Å². The summed E-state index contributed by atoms with van der Waals surface area (Å²) in [6.45, 7) is 5.18. The fourth-order valence-corrected chi connectivity index (χ4v) is 3.48. The van der Waals surface area contributed by atoms with Gasteiger partial charge in [-0.05, 0) is 33.1 Å². The maximum absolute atomic E-state index is 12.8. The second kappa shape index (κ2) is 7.18. The molecule has 1 aliphatic carbocycles. The first kappa shape index (κ1) is 18.6. The first-order valence-corrected chi connectivity index (χ1v) is 7.39. The number of carbonyl (C=O) groups is 1. The SMILES string of the molecule is CC1CN(C(=O)C2CCCC(C(F)(F)F)C2)CC(C)N1.Cl. The van der Waals surface area contributed by atoms with Crippen molar-refractivity contribution in [2.45, 2.75) is 57.8 Å². The molecule has 1 heterocycles. The molecule has 124 valence electrons. The lowest BCUT2D eigenvalue weighted by atomic mass is 9.80. The molecule has 2 fully saturated rings. The highest BCUT2D eigenvalue weighted by Gasteiger charge is 2.44. The predicted molar refractivity (Wildman–Crippen MR) is 77.4 cm³/mol. The molecule has 1 amide bonds. The van der Waals surface area contributed by atoms with Crippen LogP contribution in [-0.4, -0.2) is 42.2 Å². The lowest BCUT2D eigenvalue weighted by molar-refractivity contribution is -0.187. The lowest BCUT2D eigenvalue weighted by Gasteiger charge is -2.39. The topological polar surface area (TPSA) is 32.3 Å². The van der Waals surface area contributed by atoms with E-state index in [4.69, 9.17) is 0 Å². The summed E-state index contributed by atoms with van der Waals surface area (Å²) < 4.78 is 38.4. The second-order valence-electron chi connectivity index (χ2n) is 6.31. The zero-order valence-corrected chi connectivity index (χ0v) is 13.3. The van der Waals surface area contributed by atoms with Gasteiger partial charge in [-0.1, -0.05) is 6.42 Å². The maximum Gasteiger partial charge on any atom is 0.391 e. The number of alkyl halides is 3. The van der Waals surface area contributed by atoms with E-state index in [1.54, 1.807) is 4.90 Å². The van der Waals surface area contributed by atoms with Crippen LogP contribution in [0, 0.1) is 11.8 Å². The van der Waals surface area contributed by atoms with Gasteiger partial charge in [0.1, 0.15) is 0 Å². The number of nitrogens with zero attached hydrogens (tertiary/aromatic N) is 1. The Balaban J connectivity index is 0.00000220. The first-order valence-electron chi connectivity index (χ1n) is 7.39. The molecule has 4 unspecified atom stereocenters. The van der Waals surface area contributed by atoms with E-state index >= 15 is 0 Å². The van der Waals surface area contributed by atoms with E-state index in [9.17, 15) is 18.0 Å². The summed E-state index contributed by atoms with van der Waals surface area (Å²) in [4.78, 5) is 14.2. The Bertz CT molecular complexity index is 355. The van der Waals surface area contributed by atoms with Gasteiger partial charge in [0.2, 0.25) is 5.91 Å². The van der Waals surface area contributed by atoms with Crippen molar-refractivity contribution in [1.82, 2.24) is 10.2 Å². The fraction of sp³-hybridized carbons (Fsp3) is 0.929. The van der Waals surface area contributed by atoms with E-state index < -0.39 is 18.0 Å². The van der Waals surface area contributed by atoms with Crippen molar-refractivity contribution in [3.8, 4) is 0 Å². The zero-order chi connectivity index (χ0) is 14.9.